The highest BCUT2D eigenvalue weighted by atomic mass is 16.5. The maximum Gasteiger partial charge on any atom is 0.335 e. The molecule has 0 aromatic heterocycles. The van der Waals surface area contributed by atoms with Crippen molar-refractivity contribution in [2.75, 3.05) is 25.6 Å². The molecule has 0 aliphatic carbocycles. The van der Waals surface area contributed by atoms with Gasteiger partial charge in [0.15, 0.2) is 0 Å². The van der Waals surface area contributed by atoms with Crippen LogP contribution < -0.4 is 5.32 Å². The van der Waals surface area contributed by atoms with Crippen LogP contribution >= 0.6 is 0 Å². The van der Waals surface area contributed by atoms with E-state index in [2.05, 4.69) is 5.32 Å². The lowest BCUT2D eigenvalue weighted by molar-refractivity contribution is 0.0544. The van der Waals surface area contributed by atoms with Crippen LogP contribution in [0.25, 0.3) is 0 Å². The summed E-state index contributed by atoms with van der Waals surface area (Å²) in [5, 5.41) is 11.8. The second-order valence-corrected chi connectivity index (χ2v) is 5.22. The summed E-state index contributed by atoms with van der Waals surface area (Å²) in [6.45, 7) is 3.15. The number of anilines is 1. The van der Waals surface area contributed by atoms with E-state index in [1.807, 2.05) is 6.92 Å². The third-order valence-electron chi connectivity index (χ3n) is 3.79. The number of aryl methyl sites for hydroxylation is 1. The molecule has 1 fully saturated rings. The molecular formula is C15H20N2O4. The van der Waals surface area contributed by atoms with Crippen LogP contribution in [0.5, 0.6) is 0 Å². The SMILES string of the molecule is Cc1ccc(C(=O)O)cc1NC(=O)N(C)C1CCOCC1. The van der Waals surface area contributed by atoms with Crippen LogP contribution in [0.3, 0.4) is 0 Å². The Morgan fingerprint density at radius 2 is 2.00 bits per heavy atom. The number of benzene rings is 1. The van der Waals surface area contributed by atoms with Gasteiger partial charge in [-0.2, -0.15) is 0 Å². The molecule has 0 spiro atoms. The molecular weight excluding hydrogens is 272 g/mol. The second kappa shape index (κ2) is 6.58. The van der Waals surface area contributed by atoms with E-state index in [-0.39, 0.29) is 17.6 Å². The minimum absolute atomic E-state index is 0.154. The standard InChI is InChI=1S/C15H20N2O4/c1-10-3-4-11(14(18)19)9-13(10)16-15(20)17(2)12-5-7-21-8-6-12/h3-4,9,12H,5-8H2,1-2H3,(H,16,20)(H,18,19). The maximum absolute atomic E-state index is 12.3. The zero-order valence-corrected chi connectivity index (χ0v) is 12.3. The Kier molecular flexibility index (Phi) is 4.80. The molecule has 2 rings (SSSR count). The van der Waals surface area contributed by atoms with E-state index in [0.717, 1.165) is 18.4 Å². The molecule has 2 amide bonds. The third-order valence-corrected chi connectivity index (χ3v) is 3.79. The summed E-state index contributed by atoms with van der Waals surface area (Å²) in [5.41, 5.74) is 1.51. The summed E-state index contributed by atoms with van der Waals surface area (Å²) >= 11 is 0. The summed E-state index contributed by atoms with van der Waals surface area (Å²) < 4.78 is 5.29. The topological polar surface area (TPSA) is 78.9 Å². The van der Waals surface area contributed by atoms with Crippen molar-refractivity contribution in [1.82, 2.24) is 4.90 Å². The number of rotatable bonds is 3. The first-order valence-corrected chi connectivity index (χ1v) is 6.94. The molecule has 0 radical (unpaired) electrons. The first kappa shape index (κ1) is 15.3. The average Bonchev–Trinajstić information content (AvgIpc) is 2.49. The fraction of sp³-hybridized carbons (Fsp3) is 0.467. The van der Waals surface area contributed by atoms with Gasteiger partial charge in [0.2, 0.25) is 0 Å². The van der Waals surface area contributed by atoms with Crippen LogP contribution in [0.15, 0.2) is 18.2 Å². The molecule has 1 aromatic carbocycles. The Morgan fingerprint density at radius 1 is 1.33 bits per heavy atom. The lowest BCUT2D eigenvalue weighted by Gasteiger charge is -2.31. The Labute approximate surface area is 123 Å². The molecule has 6 nitrogen and oxygen atoms in total. The van der Waals surface area contributed by atoms with Crippen molar-refractivity contribution in [2.45, 2.75) is 25.8 Å². The number of ether oxygens (including phenoxy) is 1. The number of carboxylic acid groups (broad SMARTS) is 1. The minimum Gasteiger partial charge on any atom is -0.478 e. The van der Waals surface area contributed by atoms with Gasteiger partial charge in [0.25, 0.3) is 0 Å². The van der Waals surface area contributed by atoms with Crippen LogP contribution in [0, 0.1) is 6.92 Å². The van der Waals surface area contributed by atoms with E-state index in [4.69, 9.17) is 9.84 Å². The summed E-state index contributed by atoms with van der Waals surface area (Å²) in [6.07, 6.45) is 1.64. The molecule has 0 unspecified atom stereocenters. The monoisotopic (exact) mass is 292 g/mol. The molecule has 114 valence electrons. The van der Waals surface area contributed by atoms with Crippen molar-refractivity contribution >= 4 is 17.7 Å². The number of carbonyl (C=O) groups is 2. The fourth-order valence-corrected chi connectivity index (χ4v) is 2.33. The molecule has 0 bridgehead atoms. The average molecular weight is 292 g/mol. The lowest BCUT2D eigenvalue weighted by atomic mass is 10.1. The highest BCUT2D eigenvalue weighted by molar-refractivity contribution is 5.94. The van der Waals surface area contributed by atoms with Crippen molar-refractivity contribution in [3.8, 4) is 0 Å². The van der Waals surface area contributed by atoms with Crippen LogP contribution in [0.4, 0.5) is 10.5 Å². The van der Waals surface area contributed by atoms with Crippen molar-refractivity contribution < 1.29 is 19.4 Å². The molecule has 1 heterocycles. The molecule has 1 aliphatic heterocycles. The maximum atomic E-state index is 12.3. The minimum atomic E-state index is -1.01. The van der Waals surface area contributed by atoms with Gasteiger partial charge >= 0.3 is 12.0 Å². The number of amides is 2. The third kappa shape index (κ3) is 3.72. The molecule has 1 saturated heterocycles. The molecule has 1 aliphatic rings. The number of carbonyl (C=O) groups excluding carboxylic acids is 1. The zero-order valence-electron chi connectivity index (χ0n) is 12.3. The van der Waals surface area contributed by atoms with Gasteiger partial charge in [-0.15, -0.1) is 0 Å². The van der Waals surface area contributed by atoms with Crippen molar-refractivity contribution in [3.05, 3.63) is 29.3 Å². The number of hydrogen-bond donors (Lipinski definition) is 2. The molecule has 0 atom stereocenters. The molecule has 2 N–H and O–H groups in total. The highest BCUT2D eigenvalue weighted by Gasteiger charge is 2.22. The van der Waals surface area contributed by atoms with Crippen LogP contribution in [-0.2, 0) is 4.74 Å². The number of nitrogens with one attached hydrogen (secondary N) is 1. The van der Waals surface area contributed by atoms with Gasteiger partial charge in [0, 0.05) is 32.0 Å². The zero-order chi connectivity index (χ0) is 15.4. The largest absolute Gasteiger partial charge is 0.478 e. The van der Waals surface area contributed by atoms with Crippen LogP contribution in [0.1, 0.15) is 28.8 Å². The number of nitrogens with zero attached hydrogens (tertiary/aromatic N) is 1. The van der Waals surface area contributed by atoms with Gasteiger partial charge in [-0.3, -0.25) is 0 Å². The van der Waals surface area contributed by atoms with E-state index in [0.29, 0.717) is 18.9 Å². The molecule has 0 saturated carbocycles. The normalized spacial score (nSPS) is 15.5. The summed E-state index contributed by atoms with van der Waals surface area (Å²) in [4.78, 5) is 24.9. The van der Waals surface area contributed by atoms with Crippen molar-refractivity contribution in [1.29, 1.82) is 0 Å². The highest BCUT2D eigenvalue weighted by Crippen LogP contribution is 2.19. The first-order valence-electron chi connectivity index (χ1n) is 6.94. The van der Waals surface area contributed by atoms with E-state index < -0.39 is 5.97 Å². The number of urea groups is 1. The van der Waals surface area contributed by atoms with Crippen molar-refractivity contribution in [3.63, 3.8) is 0 Å². The lowest BCUT2D eigenvalue weighted by Crippen LogP contribution is -2.42. The molecule has 6 heteroatoms. The fourth-order valence-electron chi connectivity index (χ4n) is 2.33. The summed E-state index contributed by atoms with van der Waals surface area (Å²) in [6, 6.07) is 4.62. The van der Waals surface area contributed by atoms with Crippen LogP contribution in [-0.4, -0.2) is 48.3 Å². The Balaban J connectivity index is 2.07. The van der Waals surface area contributed by atoms with Gasteiger partial charge < -0.3 is 20.1 Å². The number of carboxylic acids is 1. The van der Waals surface area contributed by atoms with E-state index in [1.54, 1.807) is 18.0 Å². The van der Waals surface area contributed by atoms with E-state index >= 15 is 0 Å². The predicted octanol–water partition coefficient (Wildman–Crippen LogP) is 2.34. The Hall–Kier alpha value is -2.08. The number of aromatic carboxylic acids is 1. The van der Waals surface area contributed by atoms with Gasteiger partial charge in [-0.25, -0.2) is 9.59 Å². The van der Waals surface area contributed by atoms with Gasteiger partial charge in [-0.1, -0.05) is 6.07 Å². The predicted molar refractivity (Wildman–Crippen MR) is 78.8 cm³/mol. The molecule has 21 heavy (non-hydrogen) atoms. The van der Waals surface area contributed by atoms with Gasteiger partial charge in [-0.05, 0) is 37.5 Å². The Bertz CT molecular complexity index is 538. The van der Waals surface area contributed by atoms with Crippen molar-refractivity contribution in [2.24, 2.45) is 0 Å². The number of hydrogen-bond acceptors (Lipinski definition) is 3. The summed E-state index contributed by atoms with van der Waals surface area (Å²) in [5.74, 6) is -1.01. The van der Waals surface area contributed by atoms with Crippen LogP contribution in [0.2, 0.25) is 0 Å². The van der Waals surface area contributed by atoms with E-state index in [9.17, 15) is 9.59 Å². The molecule has 1 aromatic rings. The quantitative estimate of drug-likeness (QED) is 0.896. The van der Waals surface area contributed by atoms with E-state index in [1.165, 1.54) is 12.1 Å². The smallest absolute Gasteiger partial charge is 0.335 e. The van der Waals surface area contributed by atoms with Gasteiger partial charge in [0.1, 0.15) is 0 Å². The Morgan fingerprint density at radius 3 is 2.62 bits per heavy atom. The first-order chi connectivity index (χ1) is 9.99. The van der Waals surface area contributed by atoms with Gasteiger partial charge in [0.05, 0.1) is 5.56 Å². The second-order valence-electron chi connectivity index (χ2n) is 5.22. The summed E-state index contributed by atoms with van der Waals surface area (Å²) in [7, 11) is 1.75.